The van der Waals surface area contributed by atoms with Gasteiger partial charge in [-0.1, -0.05) is 77.8 Å². The summed E-state index contributed by atoms with van der Waals surface area (Å²) in [6.45, 7) is 0. The van der Waals surface area contributed by atoms with Gasteiger partial charge in [0.2, 0.25) is 23.6 Å². The van der Waals surface area contributed by atoms with Crippen LogP contribution in [0.3, 0.4) is 0 Å². The maximum Gasteiger partial charge on any atom is 0.246 e. The molecular formula is C33H27ClN2O5. The van der Waals surface area contributed by atoms with Gasteiger partial charge in [-0.15, -0.1) is 0 Å². The third kappa shape index (κ3) is 3.39. The Balaban J connectivity index is 1.53. The molecule has 3 aromatic rings. The van der Waals surface area contributed by atoms with Gasteiger partial charge in [-0.2, -0.15) is 0 Å². The number of amides is 4. The molecule has 7 rings (SSSR count). The maximum atomic E-state index is 15.0. The van der Waals surface area contributed by atoms with Crippen LogP contribution in [0.1, 0.15) is 29.9 Å². The van der Waals surface area contributed by atoms with Crippen LogP contribution >= 0.6 is 11.6 Å². The molecule has 0 radical (unpaired) electrons. The molecule has 2 aliphatic carbocycles. The van der Waals surface area contributed by atoms with Gasteiger partial charge >= 0.3 is 0 Å². The number of hydrogen-bond acceptors (Lipinski definition) is 5. The Kier molecular flexibility index (Phi) is 5.74. The average molecular weight is 567 g/mol. The monoisotopic (exact) mass is 566 g/mol. The molecule has 3 fully saturated rings. The lowest BCUT2D eigenvalue weighted by atomic mass is 9.49. The number of hydrogen-bond donors (Lipinski definition) is 1. The van der Waals surface area contributed by atoms with Crippen molar-refractivity contribution in [3.63, 3.8) is 0 Å². The Morgan fingerprint density at radius 2 is 1.59 bits per heavy atom. The van der Waals surface area contributed by atoms with E-state index in [0.29, 0.717) is 28.3 Å². The number of allylic oxidation sites excluding steroid dienone is 2. The number of benzene rings is 3. The second-order valence-electron chi connectivity index (χ2n) is 11.4. The first-order valence-corrected chi connectivity index (χ1v) is 14.1. The van der Waals surface area contributed by atoms with Crippen LogP contribution in [0.4, 0.5) is 5.69 Å². The molecule has 0 spiro atoms. The molecule has 7 nitrogen and oxygen atoms in total. The van der Waals surface area contributed by atoms with Gasteiger partial charge in [0.25, 0.3) is 0 Å². The maximum absolute atomic E-state index is 15.0. The molecule has 4 aliphatic rings. The van der Waals surface area contributed by atoms with Crippen LogP contribution in [0.25, 0.3) is 0 Å². The number of carbonyl (C=O) groups excluding carboxylic acids is 4. The van der Waals surface area contributed by atoms with Crippen molar-refractivity contribution >= 4 is 40.9 Å². The third-order valence-corrected chi connectivity index (χ3v) is 9.87. The molecule has 0 unspecified atom stereocenters. The van der Waals surface area contributed by atoms with Crippen LogP contribution in [-0.4, -0.2) is 40.7 Å². The van der Waals surface area contributed by atoms with Crippen LogP contribution in [0.2, 0.25) is 5.02 Å². The smallest absolute Gasteiger partial charge is 0.246 e. The molecule has 1 N–H and O–H groups in total. The molecule has 1 saturated carbocycles. The quantitative estimate of drug-likeness (QED) is 0.362. The van der Waals surface area contributed by atoms with E-state index >= 15 is 0 Å². The van der Waals surface area contributed by atoms with Gasteiger partial charge in [0.1, 0.15) is 5.75 Å². The third-order valence-electron chi connectivity index (χ3n) is 9.64. The molecule has 2 saturated heterocycles. The Hall–Kier alpha value is -4.23. The summed E-state index contributed by atoms with van der Waals surface area (Å²) in [5, 5.41) is 11.6. The summed E-state index contributed by atoms with van der Waals surface area (Å²) < 4.78 is 0. The van der Waals surface area contributed by atoms with Gasteiger partial charge in [-0.05, 0) is 48.6 Å². The first kappa shape index (κ1) is 25.7. The molecule has 4 amide bonds. The summed E-state index contributed by atoms with van der Waals surface area (Å²) in [6, 6.07) is 22.8. The summed E-state index contributed by atoms with van der Waals surface area (Å²) in [6.07, 6.45) is 2.56. The number of anilines is 1. The zero-order valence-corrected chi connectivity index (χ0v) is 23.0. The fourth-order valence-electron chi connectivity index (χ4n) is 7.98. The van der Waals surface area contributed by atoms with Gasteiger partial charge in [-0.25, -0.2) is 4.90 Å². The van der Waals surface area contributed by atoms with E-state index in [1.807, 2.05) is 36.4 Å². The highest BCUT2D eigenvalue weighted by molar-refractivity contribution is 6.32. The van der Waals surface area contributed by atoms with E-state index in [0.717, 1.165) is 5.57 Å². The normalized spacial score (nSPS) is 30.7. The number of halogens is 1. The molecule has 6 atom stereocenters. The zero-order chi connectivity index (χ0) is 28.6. The second-order valence-corrected chi connectivity index (χ2v) is 11.8. The minimum Gasteiger partial charge on any atom is -0.508 e. The molecule has 2 aliphatic heterocycles. The van der Waals surface area contributed by atoms with Gasteiger partial charge in [-0.3, -0.25) is 24.1 Å². The number of imide groups is 2. The number of para-hydroxylation sites is 1. The lowest BCUT2D eigenvalue weighted by Gasteiger charge is -2.50. The van der Waals surface area contributed by atoms with Crippen molar-refractivity contribution in [1.82, 2.24) is 4.90 Å². The van der Waals surface area contributed by atoms with Crippen molar-refractivity contribution in [3.8, 4) is 5.75 Å². The highest BCUT2D eigenvalue weighted by Crippen LogP contribution is 2.65. The number of rotatable bonds is 3. The SMILES string of the molecule is CN1C(=O)[C@H]2[C@H](CC=C3[C@H]2C[C@H]2C(=O)N(c4cccc(Cl)c4)C(=O)[C@@]2(c2ccccc2)[C@H]3c2ccccc2O)C1=O. The first-order valence-electron chi connectivity index (χ1n) is 13.8. The van der Waals surface area contributed by atoms with Crippen LogP contribution in [0.5, 0.6) is 5.75 Å². The van der Waals surface area contributed by atoms with E-state index in [1.165, 1.54) is 16.8 Å². The lowest BCUT2D eigenvalue weighted by Crippen LogP contribution is -2.53. The van der Waals surface area contributed by atoms with E-state index < -0.39 is 40.9 Å². The molecular weight excluding hydrogens is 540 g/mol. The van der Waals surface area contributed by atoms with Crippen molar-refractivity contribution in [2.75, 3.05) is 11.9 Å². The minimum atomic E-state index is -1.40. The highest BCUT2D eigenvalue weighted by atomic mass is 35.5. The van der Waals surface area contributed by atoms with Crippen molar-refractivity contribution in [3.05, 3.63) is 107 Å². The van der Waals surface area contributed by atoms with E-state index in [1.54, 1.807) is 48.5 Å². The topological polar surface area (TPSA) is 95.0 Å². The van der Waals surface area contributed by atoms with Crippen LogP contribution in [0, 0.1) is 23.7 Å². The number of phenols is 1. The van der Waals surface area contributed by atoms with E-state index in [-0.39, 0.29) is 29.9 Å². The minimum absolute atomic E-state index is 0.00243. The molecule has 41 heavy (non-hydrogen) atoms. The Bertz CT molecular complexity index is 1670. The van der Waals surface area contributed by atoms with Crippen molar-refractivity contribution in [1.29, 1.82) is 0 Å². The zero-order valence-electron chi connectivity index (χ0n) is 22.2. The Labute approximate surface area is 242 Å². The van der Waals surface area contributed by atoms with Gasteiger partial charge in [0, 0.05) is 23.6 Å². The number of nitrogens with zero attached hydrogens (tertiary/aromatic N) is 2. The molecule has 8 heteroatoms. The standard InChI is InChI=1S/C33H27ClN2O5/c1-35-29(38)23-15-14-21-24(27(23)31(35)40)17-25-30(39)36(20-11-7-10-19(34)16-20)32(41)33(25,18-8-3-2-4-9-18)28(21)22-12-5-6-13-26(22)37/h2-14,16,23-25,27-28,37H,15,17H2,1H3/t23-,24+,25-,27-,28+,33+/m0/s1. The van der Waals surface area contributed by atoms with Crippen molar-refractivity contribution < 1.29 is 24.3 Å². The summed E-state index contributed by atoms with van der Waals surface area (Å²) >= 11 is 6.31. The van der Waals surface area contributed by atoms with Crippen LogP contribution in [0.15, 0.2) is 90.5 Å². The van der Waals surface area contributed by atoms with Gasteiger partial charge in [0.15, 0.2) is 0 Å². The van der Waals surface area contributed by atoms with E-state index in [2.05, 4.69) is 0 Å². The fraction of sp³-hybridized carbons (Fsp3) is 0.273. The molecule has 0 aromatic heterocycles. The molecule has 3 aromatic carbocycles. The largest absolute Gasteiger partial charge is 0.508 e. The van der Waals surface area contributed by atoms with Crippen LogP contribution in [-0.2, 0) is 24.6 Å². The van der Waals surface area contributed by atoms with Gasteiger partial charge in [0.05, 0.1) is 28.9 Å². The number of phenolic OH excluding ortho intramolecular Hbond substituents is 1. The van der Waals surface area contributed by atoms with Gasteiger partial charge < -0.3 is 5.11 Å². The second kappa shape index (κ2) is 9.14. The Morgan fingerprint density at radius 1 is 0.854 bits per heavy atom. The highest BCUT2D eigenvalue weighted by Gasteiger charge is 2.70. The fourth-order valence-corrected chi connectivity index (χ4v) is 8.16. The first-order chi connectivity index (χ1) is 19.8. The predicted octanol–water partition coefficient (Wildman–Crippen LogP) is 4.84. The number of likely N-dealkylation sites (tertiary alicyclic amines) is 1. The summed E-state index contributed by atoms with van der Waals surface area (Å²) in [5.74, 6) is -4.44. The number of fused-ring (bicyclic) bond motifs is 4. The van der Waals surface area contributed by atoms with E-state index in [4.69, 9.17) is 11.6 Å². The molecule has 2 heterocycles. The van der Waals surface area contributed by atoms with Crippen LogP contribution < -0.4 is 4.90 Å². The molecule has 206 valence electrons. The lowest BCUT2D eigenvalue weighted by molar-refractivity contribution is -0.138. The van der Waals surface area contributed by atoms with Crippen molar-refractivity contribution in [2.24, 2.45) is 23.7 Å². The average Bonchev–Trinajstić information content (AvgIpc) is 3.34. The summed E-state index contributed by atoms with van der Waals surface area (Å²) in [4.78, 5) is 58.4. The number of aromatic hydroxyl groups is 1. The summed E-state index contributed by atoms with van der Waals surface area (Å²) in [7, 11) is 1.51. The Morgan fingerprint density at radius 3 is 2.32 bits per heavy atom. The molecule has 0 bridgehead atoms. The summed E-state index contributed by atoms with van der Waals surface area (Å²) in [5.41, 5.74) is 0.962. The van der Waals surface area contributed by atoms with E-state index in [9.17, 15) is 24.3 Å². The number of carbonyl (C=O) groups is 4. The predicted molar refractivity (Wildman–Crippen MR) is 152 cm³/mol. The van der Waals surface area contributed by atoms with Crippen molar-refractivity contribution in [2.45, 2.75) is 24.2 Å².